The number of H-pyrrole nitrogens is 1. The van der Waals surface area contributed by atoms with Crippen LogP contribution in [0.4, 0.5) is 4.39 Å². The number of carbonyl (C=O) groups excluding carboxylic acids is 1. The molecule has 7 heteroatoms. The zero-order valence-electron chi connectivity index (χ0n) is 14.5. The summed E-state index contributed by atoms with van der Waals surface area (Å²) >= 11 is 1.62. The second-order valence-electron chi connectivity index (χ2n) is 6.83. The van der Waals surface area contributed by atoms with Gasteiger partial charge in [0.25, 0.3) is 5.91 Å². The Kier molecular flexibility index (Phi) is 3.89. The zero-order valence-corrected chi connectivity index (χ0v) is 15.3. The van der Waals surface area contributed by atoms with Crippen LogP contribution >= 0.6 is 11.3 Å². The van der Waals surface area contributed by atoms with Crippen molar-refractivity contribution in [1.29, 1.82) is 0 Å². The summed E-state index contributed by atoms with van der Waals surface area (Å²) in [7, 11) is 0. The molecule has 0 saturated carbocycles. The number of benzene rings is 1. The van der Waals surface area contributed by atoms with Crippen LogP contribution in [0.25, 0.3) is 21.1 Å². The summed E-state index contributed by atoms with van der Waals surface area (Å²) in [4.78, 5) is 26.8. The predicted molar refractivity (Wildman–Crippen MR) is 104 cm³/mol. The van der Waals surface area contributed by atoms with Crippen molar-refractivity contribution in [3.63, 3.8) is 0 Å². The first-order valence-corrected chi connectivity index (χ1v) is 9.78. The predicted octanol–water partition coefficient (Wildman–Crippen LogP) is 4.33. The SMILES string of the molecule is O=C(c1nccc2[nH]ccc12)N1CCC(c2nc3cc(F)ccc3s2)CC1. The summed E-state index contributed by atoms with van der Waals surface area (Å²) in [6.07, 6.45) is 5.21. The average molecular weight is 380 g/mol. The molecular formula is C20H17FN4OS. The minimum absolute atomic E-state index is 0.0231. The first-order valence-electron chi connectivity index (χ1n) is 8.96. The molecule has 4 heterocycles. The molecule has 4 aromatic rings. The number of hydrogen-bond acceptors (Lipinski definition) is 4. The van der Waals surface area contributed by atoms with Crippen LogP contribution in [-0.4, -0.2) is 38.8 Å². The highest BCUT2D eigenvalue weighted by Gasteiger charge is 2.28. The number of aromatic nitrogens is 3. The summed E-state index contributed by atoms with van der Waals surface area (Å²) in [5.41, 5.74) is 2.14. The van der Waals surface area contributed by atoms with E-state index in [1.807, 2.05) is 23.2 Å². The molecule has 1 aliphatic rings. The monoisotopic (exact) mass is 380 g/mol. The summed E-state index contributed by atoms with van der Waals surface area (Å²) in [5, 5.41) is 1.89. The Labute approximate surface area is 158 Å². The Hall–Kier alpha value is -2.80. The van der Waals surface area contributed by atoms with Gasteiger partial charge in [0.1, 0.15) is 11.5 Å². The van der Waals surface area contributed by atoms with Gasteiger partial charge in [-0.2, -0.15) is 0 Å². The molecule has 3 aromatic heterocycles. The fourth-order valence-corrected chi connectivity index (χ4v) is 4.84. The van der Waals surface area contributed by atoms with E-state index in [9.17, 15) is 9.18 Å². The van der Waals surface area contributed by atoms with Crippen LogP contribution in [0.5, 0.6) is 0 Å². The lowest BCUT2D eigenvalue weighted by molar-refractivity contribution is 0.0709. The van der Waals surface area contributed by atoms with Crippen molar-refractivity contribution < 1.29 is 9.18 Å². The smallest absolute Gasteiger partial charge is 0.273 e. The fourth-order valence-electron chi connectivity index (χ4n) is 3.73. The third-order valence-corrected chi connectivity index (χ3v) is 6.38. The summed E-state index contributed by atoms with van der Waals surface area (Å²) in [6.45, 7) is 1.35. The van der Waals surface area contributed by atoms with Gasteiger partial charge in [-0.15, -0.1) is 11.3 Å². The van der Waals surface area contributed by atoms with E-state index in [0.29, 0.717) is 24.7 Å². The number of hydrogen-bond donors (Lipinski definition) is 1. The van der Waals surface area contributed by atoms with Gasteiger partial charge in [0, 0.05) is 48.4 Å². The van der Waals surface area contributed by atoms with E-state index in [4.69, 9.17) is 0 Å². The largest absolute Gasteiger partial charge is 0.361 e. The van der Waals surface area contributed by atoms with E-state index < -0.39 is 0 Å². The van der Waals surface area contributed by atoms with Crippen LogP contribution in [0.15, 0.2) is 42.7 Å². The van der Waals surface area contributed by atoms with Gasteiger partial charge in [-0.25, -0.2) is 9.37 Å². The maximum atomic E-state index is 13.4. The highest BCUT2D eigenvalue weighted by atomic mass is 32.1. The second kappa shape index (κ2) is 6.42. The van der Waals surface area contributed by atoms with Crippen molar-refractivity contribution in [2.24, 2.45) is 0 Å². The molecule has 1 fully saturated rings. The number of amides is 1. The normalized spacial score (nSPS) is 15.7. The van der Waals surface area contributed by atoms with Crippen molar-refractivity contribution in [3.05, 3.63) is 59.2 Å². The zero-order chi connectivity index (χ0) is 18.4. The molecule has 0 atom stereocenters. The molecule has 27 heavy (non-hydrogen) atoms. The average Bonchev–Trinajstić information content (AvgIpc) is 3.33. The number of aromatic amines is 1. The molecule has 1 saturated heterocycles. The van der Waals surface area contributed by atoms with Gasteiger partial charge in [0.05, 0.1) is 15.2 Å². The number of carbonyl (C=O) groups is 1. The molecule has 0 spiro atoms. The topological polar surface area (TPSA) is 61.9 Å². The number of piperidine rings is 1. The molecule has 1 amide bonds. The Bertz CT molecular complexity index is 1140. The van der Waals surface area contributed by atoms with Crippen molar-refractivity contribution in [2.45, 2.75) is 18.8 Å². The van der Waals surface area contributed by atoms with Crippen LogP contribution in [0.3, 0.4) is 0 Å². The quantitative estimate of drug-likeness (QED) is 0.563. The van der Waals surface area contributed by atoms with Crippen LogP contribution in [-0.2, 0) is 0 Å². The maximum absolute atomic E-state index is 13.4. The van der Waals surface area contributed by atoms with Gasteiger partial charge in [0.2, 0.25) is 0 Å². The Morgan fingerprint density at radius 1 is 1.22 bits per heavy atom. The lowest BCUT2D eigenvalue weighted by Crippen LogP contribution is -2.38. The van der Waals surface area contributed by atoms with Crippen molar-refractivity contribution in [1.82, 2.24) is 19.9 Å². The lowest BCUT2D eigenvalue weighted by atomic mass is 9.97. The minimum Gasteiger partial charge on any atom is -0.361 e. The Morgan fingerprint density at radius 2 is 2.07 bits per heavy atom. The number of fused-ring (bicyclic) bond motifs is 2. The molecular weight excluding hydrogens is 363 g/mol. The summed E-state index contributed by atoms with van der Waals surface area (Å²) < 4.78 is 14.4. The second-order valence-corrected chi connectivity index (χ2v) is 7.89. The third kappa shape index (κ3) is 2.88. The van der Waals surface area contributed by atoms with Crippen LogP contribution in [0, 0.1) is 5.82 Å². The van der Waals surface area contributed by atoms with E-state index in [-0.39, 0.29) is 11.7 Å². The number of rotatable bonds is 2. The Morgan fingerprint density at radius 3 is 2.93 bits per heavy atom. The van der Waals surface area contributed by atoms with Crippen molar-refractivity contribution in [3.8, 4) is 0 Å². The lowest BCUT2D eigenvalue weighted by Gasteiger charge is -2.31. The van der Waals surface area contributed by atoms with E-state index in [1.165, 1.54) is 12.1 Å². The van der Waals surface area contributed by atoms with Gasteiger partial charge in [-0.1, -0.05) is 0 Å². The highest BCUT2D eigenvalue weighted by Crippen LogP contribution is 2.34. The van der Waals surface area contributed by atoms with Gasteiger partial charge >= 0.3 is 0 Å². The van der Waals surface area contributed by atoms with Crippen LogP contribution in [0.1, 0.15) is 34.3 Å². The molecule has 0 unspecified atom stereocenters. The van der Waals surface area contributed by atoms with Gasteiger partial charge in [-0.3, -0.25) is 9.78 Å². The molecule has 1 N–H and O–H groups in total. The molecule has 0 radical (unpaired) electrons. The number of nitrogens with one attached hydrogen (secondary N) is 1. The van der Waals surface area contributed by atoms with Gasteiger partial charge in [-0.05, 0) is 37.1 Å². The van der Waals surface area contributed by atoms with Gasteiger partial charge in [0.15, 0.2) is 0 Å². The molecule has 5 nitrogen and oxygen atoms in total. The van der Waals surface area contributed by atoms with E-state index in [1.54, 1.807) is 23.6 Å². The van der Waals surface area contributed by atoms with Gasteiger partial charge < -0.3 is 9.88 Å². The van der Waals surface area contributed by atoms with Crippen LogP contribution in [0.2, 0.25) is 0 Å². The maximum Gasteiger partial charge on any atom is 0.273 e. The molecule has 0 aliphatic carbocycles. The Balaban J connectivity index is 1.33. The minimum atomic E-state index is -0.258. The first-order chi connectivity index (χ1) is 13.2. The third-order valence-electron chi connectivity index (χ3n) is 5.18. The molecule has 1 aromatic carbocycles. The highest BCUT2D eigenvalue weighted by molar-refractivity contribution is 7.18. The van der Waals surface area contributed by atoms with E-state index >= 15 is 0 Å². The number of pyridine rings is 1. The molecule has 0 bridgehead atoms. The molecule has 1 aliphatic heterocycles. The fraction of sp³-hybridized carbons (Fsp3) is 0.250. The molecule has 136 valence electrons. The number of nitrogens with zero attached hydrogens (tertiary/aromatic N) is 3. The molecule has 5 rings (SSSR count). The van der Waals surface area contributed by atoms with E-state index in [2.05, 4.69) is 15.0 Å². The number of halogens is 1. The standard InChI is InChI=1S/C20H17FN4OS/c21-13-1-2-17-16(11-13)24-19(27-17)12-5-9-25(10-6-12)20(26)18-14-3-7-22-15(14)4-8-23-18/h1-4,7-8,11-12,22H,5-6,9-10H2. The first kappa shape index (κ1) is 16.4. The summed E-state index contributed by atoms with van der Waals surface area (Å²) in [6, 6.07) is 8.50. The summed E-state index contributed by atoms with van der Waals surface area (Å²) in [5.74, 6) is 0.0294. The van der Waals surface area contributed by atoms with Crippen molar-refractivity contribution in [2.75, 3.05) is 13.1 Å². The number of likely N-dealkylation sites (tertiary alicyclic amines) is 1. The number of thiazole rings is 1. The van der Waals surface area contributed by atoms with Crippen molar-refractivity contribution >= 4 is 38.4 Å². The van der Waals surface area contributed by atoms with Crippen LogP contribution < -0.4 is 0 Å². The van der Waals surface area contributed by atoms with E-state index in [0.717, 1.165) is 39.0 Å².